The molecule has 0 radical (unpaired) electrons. The maximum absolute atomic E-state index is 13.7. The monoisotopic (exact) mass is 314 g/mol. The lowest BCUT2D eigenvalue weighted by atomic mass is 9.80. The van der Waals surface area contributed by atoms with Crippen LogP contribution >= 0.6 is 23.2 Å². The molecule has 4 aliphatic carbocycles. The summed E-state index contributed by atoms with van der Waals surface area (Å²) in [6.07, 6.45) is 8.12. The molecule has 4 unspecified atom stereocenters. The first kappa shape index (κ1) is 13.1. The van der Waals surface area contributed by atoms with Crippen molar-refractivity contribution in [2.45, 2.75) is 41.6 Å². The molecule has 0 aromatic carbocycles. The Morgan fingerprint density at radius 3 is 2.85 bits per heavy atom. The fourth-order valence-electron chi connectivity index (χ4n) is 4.28. The van der Waals surface area contributed by atoms with E-state index in [9.17, 15) is 8.78 Å². The van der Waals surface area contributed by atoms with Crippen LogP contribution in [0.4, 0.5) is 8.78 Å². The molecule has 20 heavy (non-hydrogen) atoms. The first-order valence-corrected chi connectivity index (χ1v) is 7.68. The van der Waals surface area contributed by atoms with Crippen molar-refractivity contribution in [3.63, 3.8) is 0 Å². The minimum absolute atomic E-state index is 0.0966. The van der Waals surface area contributed by atoms with Gasteiger partial charge in [-0.1, -0.05) is 29.4 Å². The summed E-state index contributed by atoms with van der Waals surface area (Å²) < 4.78 is 27.3. The quantitative estimate of drug-likeness (QED) is 0.543. The predicted molar refractivity (Wildman–Crippen MR) is 77.5 cm³/mol. The van der Waals surface area contributed by atoms with E-state index in [4.69, 9.17) is 23.2 Å². The fraction of sp³-hybridized carbons (Fsp3) is 0.500. The van der Waals surface area contributed by atoms with Crippen LogP contribution in [0.5, 0.6) is 0 Å². The molecule has 1 fully saturated rings. The Morgan fingerprint density at radius 1 is 1.25 bits per heavy atom. The van der Waals surface area contributed by atoms with E-state index < -0.39 is 21.7 Å². The Hall–Kier alpha value is -0.600. The number of halogens is 4. The Labute approximate surface area is 126 Å². The molecular formula is C16H14Cl2F2. The zero-order valence-corrected chi connectivity index (χ0v) is 12.3. The van der Waals surface area contributed by atoms with E-state index in [0.29, 0.717) is 12.8 Å². The smallest absolute Gasteiger partial charge is 0.155 e. The summed E-state index contributed by atoms with van der Waals surface area (Å²) in [5.74, 6) is -0.618. The van der Waals surface area contributed by atoms with Crippen molar-refractivity contribution in [3.05, 3.63) is 46.9 Å². The van der Waals surface area contributed by atoms with Crippen molar-refractivity contribution in [1.29, 1.82) is 0 Å². The van der Waals surface area contributed by atoms with Crippen LogP contribution in [0.15, 0.2) is 46.9 Å². The molecule has 0 aromatic rings. The molecule has 0 saturated heterocycles. The van der Waals surface area contributed by atoms with Crippen LogP contribution in [0.25, 0.3) is 0 Å². The van der Waals surface area contributed by atoms with Gasteiger partial charge in [0.2, 0.25) is 0 Å². The molecule has 0 spiro atoms. The van der Waals surface area contributed by atoms with Crippen LogP contribution in [0.1, 0.15) is 25.7 Å². The SMILES string of the molecule is FC1=CC2=C(CC1F)CC1(Cl)CC3=CC=CCC3C21Cl. The van der Waals surface area contributed by atoms with E-state index in [1.54, 1.807) is 0 Å². The van der Waals surface area contributed by atoms with Gasteiger partial charge in [0.05, 0.1) is 9.75 Å². The number of rotatable bonds is 0. The predicted octanol–water partition coefficient (Wildman–Crippen LogP) is 5.14. The summed E-state index contributed by atoms with van der Waals surface area (Å²) in [7, 11) is 0. The van der Waals surface area contributed by atoms with Crippen molar-refractivity contribution < 1.29 is 8.78 Å². The standard InChI is InChI=1S/C16H14Cl2F2/c17-15-7-9-3-1-2-4-11(9)16(15,18)12-6-14(20)13(19)5-10(12)8-15/h1-3,6,11,13H,4-5,7-8H2. The minimum Gasteiger partial charge on any atom is -0.239 e. The second kappa shape index (κ2) is 3.98. The average molecular weight is 315 g/mol. The van der Waals surface area contributed by atoms with Gasteiger partial charge in [0, 0.05) is 12.3 Å². The molecule has 106 valence electrons. The highest BCUT2D eigenvalue weighted by Crippen LogP contribution is 2.67. The summed E-state index contributed by atoms with van der Waals surface area (Å²) in [5.41, 5.74) is 2.88. The highest BCUT2D eigenvalue weighted by Gasteiger charge is 2.66. The molecule has 0 N–H and O–H groups in total. The van der Waals surface area contributed by atoms with Crippen molar-refractivity contribution in [2.24, 2.45) is 5.92 Å². The van der Waals surface area contributed by atoms with Crippen LogP contribution in [-0.2, 0) is 0 Å². The van der Waals surface area contributed by atoms with Gasteiger partial charge in [-0.15, -0.1) is 23.2 Å². The molecule has 4 atom stereocenters. The normalized spacial score (nSPS) is 45.8. The van der Waals surface area contributed by atoms with Gasteiger partial charge in [0.25, 0.3) is 0 Å². The molecule has 4 rings (SSSR count). The zero-order valence-electron chi connectivity index (χ0n) is 10.8. The molecular weight excluding hydrogens is 301 g/mol. The van der Waals surface area contributed by atoms with E-state index >= 15 is 0 Å². The van der Waals surface area contributed by atoms with E-state index in [-0.39, 0.29) is 12.3 Å². The molecule has 0 bridgehead atoms. The minimum atomic E-state index is -1.53. The van der Waals surface area contributed by atoms with Crippen LogP contribution in [0, 0.1) is 5.92 Å². The van der Waals surface area contributed by atoms with Gasteiger partial charge in [0.1, 0.15) is 5.83 Å². The Balaban J connectivity index is 1.86. The van der Waals surface area contributed by atoms with Crippen LogP contribution < -0.4 is 0 Å². The second-order valence-corrected chi connectivity index (χ2v) is 7.53. The van der Waals surface area contributed by atoms with Crippen molar-refractivity contribution in [2.75, 3.05) is 0 Å². The Morgan fingerprint density at radius 2 is 2.05 bits per heavy atom. The zero-order chi connectivity index (χ0) is 14.1. The first-order chi connectivity index (χ1) is 9.46. The highest BCUT2D eigenvalue weighted by atomic mass is 35.5. The van der Waals surface area contributed by atoms with E-state index in [1.165, 1.54) is 11.6 Å². The summed E-state index contributed by atoms with van der Waals surface area (Å²) in [5, 5.41) is 0. The van der Waals surface area contributed by atoms with E-state index in [0.717, 1.165) is 17.6 Å². The number of allylic oxidation sites excluding steroid dienone is 8. The Kier molecular flexibility index (Phi) is 2.61. The fourth-order valence-corrected chi connectivity index (χ4v) is 5.38. The number of hydrogen-bond donors (Lipinski definition) is 0. The number of fused-ring (bicyclic) bond motifs is 4. The lowest BCUT2D eigenvalue weighted by Gasteiger charge is -2.36. The molecule has 4 heteroatoms. The van der Waals surface area contributed by atoms with Gasteiger partial charge >= 0.3 is 0 Å². The highest BCUT2D eigenvalue weighted by molar-refractivity contribution is 6.38. The molecule has 0 heterocycles. The molecule has 0 aliphatic heterocycles. The molecule has 0 aromatic heterocycles. The maximum atomic E-state index is 13.7. The molecule has 0 amide bonds. The third-order valence-corrected chi connectivity index (χ3v) is 6.65. The molecule has 4 aliphatic rings. The molecule has 0 nitrogen and oxygen atoms in total. The largest absolute Gasteiger partial charge is 0.239 e. The van der Waals surface area contributed by atoms with Gasteiger partial charge in [-0.25, -0.2) is 8.78 Å². The average Bonchev–Trinajstić information content (AvgIpc) is 2.74. The lowest BCUT2D eigenvalue weighted by molar-refractivity contribution is 0.317. The van der Waals surface area contributed by atoms with Gasteiger partial charge < -0.3 is 0 Å². The van der Waals surface area contributed by atoms with Gasteiger partial charge in [-0.05, 0) is 30.9 Å². The van der Waals surface area contributed by atoms with Crippen LogP contribution in [-0.4, -0.2) is 15.9 Å². The van der Waals surface area contributed by atoms with E-state index in [1.807, 2.05) is 6.08 Å². The summed E-state index contributed by atoms with van der Waals surface area (Å²) in [6, 6.07) is 0. The maximum Gasteiger partial charge on any atom is 0.155 e. The van der Waals surface area contributed by atoms with Crippen LogP contribution in [0.2, 0.25) is 0 Å². The van der Waals surface area contributed by atoms with Gasteiger partial charge in [-0.3, -0.25) is 0 Å². The summed E-state index contributed by atoms with van der Waals surface area (Å²) >= 11 is 13.8. The number of hydrogen-bond acceptors (Lipinski definition) is 0. The molecule has 1 saturated carbocycles. The van der Waals surface area contributed by atoms with Crippen molar-refractivity contribution in [1.82, 2.24) is 0 Å². The Bertz CT molecular complexity index is 616. The topological polar surface area (TPSA) is 0 Å². The van der Waals surface area contributed by atoms with Crippen LogP contribution in [0.3, 0.4) is 0 Å². The lowest BCUT2D eigenvalue weighted by Crippen LogP contribution is -2.42. The van der Waals surface area contributed by atoms with E-state index in [2.05, 4.69) is 12.2 Å². The third-order valence-electron chi connectivity index (χ3n) is 5.16. The van der Waals surface area contributed by atoms with Crippen molar-refractivity contribution in [3.8, 4) is 0 Å². The second-order valence-electron chi connectivity index (χ2n) is 6.21. The summed E-state index contributed by atoms with van der Waals surface area (Å²) in [4.78, 5) is -1.43. The van der Waals surface area contributed by atoms with Gasteiger partial charge in [-0.2, -0.15) is 0 Å². The summed E-state index contributed by atoms with van der Waals surface area (Å²) in [6.45, 7) is 0. The first-order valence-electron chi connectivity index (χ1n) is 6.93. The van der Waals surface area contributed by atoms with Crippen molar-refractivity contribution >= 4 is 23.2 Å². The number of alkyl halides is 3. The van der Waals surface area contributed by atoms with Gasteiger partial charge in [0.15, 0.2) is 6.17 Å². The third kappa shape index (κ3) is 1.42.